The lowest BCUT2D eigenvalue weighted by Gasteiger charge is -2.16. The average molecular weight is 179 g/mol. The molecule has 1 aromatic heterocycles. The third kappa shape index (κ3) is 1.89. The molecule has 1 fully saturated rings. The third-order valence-electron chi connectivity index (χ3n) is 2.11. The van der Waals surface area contributed by atoms with E-state index in [9.17, 15) is 0 Å². The summed E-state index contributed by atoms with van der Waals surface area (Å²) in [7, 11) is 0. The molecule has 2 heterocycles. The van der Waals surface area contributed by atoms with Crippen molar-refractivity contribution in [2.75, 3.05) is 6.54 Å². The van der Waals surface area contributed by atoms with Crippen LogP contribution >= 0.6 is 11.3 Å². The first kappa shape index (κ1) is 7.87. The molecule has 0 aromatic carbocycles. The summed E-state index contributed by atoms with van der Waals surface area (Å²) in [4.78, 5) is 0. The molecule has 0 atom stereocenters. The Balaban J connectivity index is 2.07. The second kappa shape index (κ2) is 3.76. The van der Waals surface area contributed by atoms with Gasteiger partial charge >= 0.3 is 0 Å². The van der Waals surface area contributed by atoms with Gasteiger partial charge in [-0.3, -0.25) is 0 Å². The fourth-order valence-electron chi connectivity index (χ4n) is 1.46. The normalized spacial score (nSPS) is 20.8. The number of allylic oxidation sites excluding steroid dienone is 1. The third-order valence-corrected chi connectivity index (χ3v) is 2.81. The quantitative estimate of drug-likeness (QED) is 0.699. The van der Waals surface area contributed by atoms with Crippen LogP contribution in [0, 0.1) is 0 Å². The van der Waals surface area contributed by atoms with Gasteiger partial charge in [-0.1, -0.05) is 0 Å². The number of nitrogens with one attached hydrogen (secondary N) is 1. The molecular weight excluding hydrogens is 166 g/mol. The molecule has 1 N–H and O–H groups in total. The van der Waals surface area contributed by atoms with Crippen LogP contribution in [-0.2, 0) is 0 Å². The van der Waals surface area contributed by atoms with E-state index >= 15 is 0 Å². The fraction of sp³-hybridized carbons (Fsp3) is 0.400. The van der Waals surface area contributed by atoms with Gasteiger partial charge in [0.15, 0.2) is 0 Å². The van der Waals surface area contributed by atoms with E-state index in [1.54, 1.807) is 11.3 Å². The molecule has 2 heteroatoms. The van der Waals surface area contributed by atoms with Gasteiger partial charge < -0.3 is 5.32 Å². The van der Waals surface area contributed by atoms with Gasteiger partial charge in [0.2, 0.25) is 0 Å². The van der Waals surface area contributed by atoms with Crippen LogP contribution in [0.15, 0.2) is 22.5 Å². The van der Waals surface area contributed by atoms with Gasteiger partial charge in [0.25, 0.3) is 0 Å². The Morgan fingerprint density at radius 1 is 1.42 bits per heavy atom. The molecule has 0 spiro atoms. The van der Waals surface area contributed by atoms with Crippen LogP contribution in [0.2, 0.25) is 0 Å². The molecule has 0 saturated carbocycles. The summed E-state index contributed by atoms with van der Waals surface area (Å²) < 4.78 is 0. The highest BCUT2D eigenvalue weighted by atomic mass is 32.1. The number of hydrogen-bond donors (Lipinski definition) is 1. The minimum absolute atomic E-state index is 1.15. The zero-order valence-electron chi connectivity index (χ0n) is 7.05. The van der Waals surface area contributed by atoms with Gasteiger partial charge in [-0.15, -0.1) is 0 Å². The Labute approximate surface area is 77.1 Å². The SMILES string of the molecule is C(=C1CCCCN1)c1ccsc1. The molecule has 2 rings (SSSR count). The van der Waals surface area contributed by atoms with Crippen molar-refractivity contribution in [3.8, 4) is 0 Å². The number of hydrogen-bond acceptors (Lipinski definition) is 2. The topological polar surface area (TPSA) is 12.0 Å². The highest BCUT2D eigenvalue weighted by Gasteiger charge is 2.03. The Morgan fingerprint density at radius 3 is 3.08 bits per heavy atom. The predicted molar refractivity (Wildman–Crippen MR) is 54.1 cm³/mol. The van der Waals surface area contributed by atoms with Gasteiger partial charge in [0.05, 0.1) is 0 Å². The standard InChI is InChI=1S/C10H13NS/c1-2-5-11-10(3-1)7-9-4-6-12-8-9/h4,6-8,11H,1-3,5H2. The largest absolute Gasteiger partial charge is 0.388 e. The Kier molecular flexibility index (Phi) is 2.47. The number of piperidine rings is 1. The second-order valence-corrected chi connectivity index (χ2v) is 3.89. The van der Waals surface area contributed by atoms with Crippen molar-refractivity contribution in [3.05, 3.63) is 28.1 Å². The Hall–Kier alpha value is -0.760. The van der Waals surface area contributed by atoms with E-state index < -0.39 is 0 Å². The highest BCUT2D eigenvalue weighted by Crippen LogP contribution is 2.15. The van der Waals surface area contributed by atoms with Crippen LogP contribution in [0.1, 0.15) is 24.8 Å². The summed E-state index contributed by atoms with van der Waals surface area (Å²) in [6, 6.07) is 2.16. The van der Waals surface area contributed by atoms with Crippen LogP contribution < -0.4 is 5.32 Å². The van der Waals surface area contributed by atoms with Gasteiger partial charge in [-0.2, -0.15) is 11.3 Å². The van der Waals surface area contributed by atoms with Gasteiger partial charge in [-0.05, 0) is 47.7 Å². The lowest BCUT2D eigenvalue weighted by Crippen LogP contribution is -2.19. The molecule has 1 saturated heterocycles. The van der Waals surface area contributed by atoms with Crippen molar-refractivity contribution in [2.24, 2.45) is 0 Å². The number of thiophene rings is 1. The van der Waals surface area contributed by atoms with Crippen molar-refractivity contribution in [1.29, 1.82) is 0 Å². The molecule has 0 bridgehead atoms. The molecular formula is C10H13NS. The van der Waals surface area contributed by atoms with Crippen LogP contribution in [0.3, 0.4) is 0 Å². The minimum Gasteiger partial charge on any atom is -0.388 e. The zero-order chi connectivity index (χ0) is 8.23. The Morgan fingerprint density at radius 2 is 2.42 bits per heavy atom. The monoisotopic (exact) mass is 179 g/mol. The zero-order valence-corrected chi connectivity index (χ0v) is 7.86. The van der Waals surface area contributed by atoms with Crippen molar-refractivity contribution < 1.29 is 0 Å². The summed E-state index contributed by atoms with van der Waals surface area (Å²) in [5.41, 5.74) is 2.74. The minimum atomic E-state index is 1.15. The molecule has 0 aliphatic carbocycles. The lowest BCUT2D eigenvalue weighted by atomic mass is 10.1. The summed E-state index contributed by atoms with van der Waals surface area (Å²) >= 11 is 1.76. The van der Waals surface area contributed by atoms with E-state index in [2.05, 4.69) is 28.2 Å². The first-order valence-corrected chi connectivity index (χ1v) is 5.36. The first-order valence-electron chi connectivity index (χ1n) is 4.42. The maximum atomic E-state index is 3.42. The summed E-state index contributed by atoms with van der Waals surface area (Å²) in [6.45, 7) is 1.15. The molecule has 0 radical (unpaired) electrons. The predicted octanol–water partition coefficient (Wildman–Crippen LogP) is 2.86. The summed E-state index contributed by atoms with van der Waals surface area (Å²) in [5.74, 6) is 0. The van der Waals surface area contributed by atoms with Crippen LogP contribution in [0.5, 0.6) is 0 Å². The summed E-state index contributed by atoms with van der Waals surface area (Å²) in [5, 5.41) is 7.73. The molecule has 1 aliphatic rings. The fourth-order valence-corrected chi connectivity index (χ4v) is 2.08. The van der Waals surface area contributed by atoms with E-state index in [4.69, 9.17) is 0 Å². The molecule has 0 amide bonds. The van der Waals surface area contributed by atoms with Crippen molar-refractivity contribution in [1.82, 2.24) is 5.32 Å². The molecule has 12 heavy (non-hydrogen) atoms. The highest BCUT2D eigenvalue weighted by molar-refractivity contribution is 7.08. The maximum Gasteiger partial charge on any atom is 0.0144 e. The maximum absolute atomic E-state index is 3.42. The van der Waals surface area contributed by atoms with Gasteiger partial charge in [0.1, 0.15) is 0 Å². The van der Waals surface area contributed by atoms with Crippen molar-refractivity contribution in [2.45, 2.75) is 19.3 Å². The van der Waals surface area contributed by atoms with Crippen LogP contribution in [0.25, 0.3) is 6.08 Å². The van der Waals surface area contributed by atoms with Crippen molar-refractivity contribution in [3.63, 3.8) is 0 Å². The number of rotatable bonds is 1. The van der Waals surface area contributed by atoms with E-state index in [-0.39, 0.29) is 0 Å². The van der Waals surface area contributed by atoms with E-state index in [0.717, 1.165) is 6.54 Å². The molecule has 1 aromatic rings. The average Bonchev–Trinajstić information content (AvgIpc) is 2.59. The first-order chi connectivity index (χ1) is 5.95. The summed E-state index contributed by atoms with van der Waals surface area (Å²) in [6.07, 6.45) is 6.13. The Bertz CT molecular complexity index is 253. The molecule has 0 unspecified atom stereocenters. The molecule has 1 nitrogen and oxygen atoms in total. The van der Waals surface area contributed by atoms with Crippen LogP contribution in [0.4, 0.5) is 0 Å². The molecule has 64 valence electrons. The van der Waals surface area contributed by atoms with Gasteiger partial charge in [0, 0.05) is 12.2 Å². The van der Waals surface area contributed by atoms with Gasteiger partial charge in [-0.25, -0.2) is 0 Å². The lowest BCUT2D eigenvalue weighted by molar-refractivity contribution is 0.592. The second-order valence-electron chi connectivity index (χ2n) is 3.11. The van der Waals surface area contributed by atoms with E-state index in [1.807, 2.05) is 0 Å². The smallest absolute Gasteiger partial charge is 0.0144 e. The van der Waals surface area contributed by atoms with E-state index in [1.165, 1.54) is 30.5 Å². The van der Waals surface area contributed by atoms with Crippen molar-refractivity contribution >= 4 is 17.4 Å². The van der Waals surface area contributed by atoms with Crippen LogP contribution in [-0.4, -0.2) is 6.54 Å². The molecule has 1 aliphatic heterocycles. The van der Waals surface area contributed by atoms with E-state index in [0.29, 0.717) is 0 Å².